The van der Waals surface area contributed by atoms with E-state index in [1.807, 2.05) is 126 Å². The number of nitrogens with one attached hydrogen (secondary N) is 3. The molecule has 16 heteroatoms. The molecule has 0 saturated carbocycles. The van der Waals surface area contributed by atoms with E-state index in [1.54, 1.807) is 73.7 Å². The van der Waals surface area contributed by atoms with Crippen LogP contribution in [0.5, 0.6) is 5.75 Å². The van der Waals surface area contributed by atoms with Crippen LogP contribution in [0.4, 0.5) is 27.1 Å². The first-order chi connectivity index (χ1) is 40.6. The van der Waals surface area contributed by atoms with E-state index in [0.29, 0.717) is 70.5 Å². The second-order valence-corrected chi connectivity index (χ2v) is 21.8. The summed E-state index contributed by atoms with van der Waals surface area (Å²) in [4.78, 5) is 38.2. The number of benzene rings is 9. The number of phenolic OH excluding ortho intramolecular Hbond substituents is 1. The van der Waals surface area contributed by atoms with Crippen molar-refractivity contribution in [2.75, 3.05) is 21.7 Å². The Hall–Kier alpha value is -9.39. The van der Waals surface area contributed by atoms with Crippen molar-refractivity contribution in [3.05, 3.63) is 280 Å². The number of anilines is 4. The van der Waals surface area contributed by atoms with Crippen molar-refractivity contribution in [1.82, 2.24) is 0 Å². The molecule has 0 heterocycles. The molecule has 86 heavy (non-hydrogen) atoms. The zero-order valence-electron chi connectivity index (χ0n) is 47.0. The van der Waals surface area contributed by atoms with Gasteiger partial charge >= 0.3 is 0 Å². The average molecular weight is 1220 g/mol. The number of halogens is 4. The quantitative estimate of drug-likeness (QED) is 0.0512. The summed E-state index contributed by atoms with van der Waals surface area (Å²) in [6.07, 6.45) is 0. The highest BCUT2D eigenvalue weighted by molar-refractivity contribution is 7.80. The SMILES string of the molecule is C.Cc1ccc(C(C#N)c2cc(C)c(NC(=O)c3cccc(F)c3O)cc2Cl)cc1.Cc1ccc(C(C#N)c2cc(C)c(NC(=O)c3ccccc3N)cc2Cl)cc1.Cc1ccc(C(C#N)c2cc(C)c(NC(=O)c3ccccc3S)cc2Cl)cc1. The van der Waals surface area contributed by atoms with Crippen molar-refractivity contribution in [3.63, 3.8) is 0 Å². The average Bonchev–Trinajstić information content (AvgIpc) is 3.31. The van der Waals surface area contributed by atoms with Gasteiger partial charge in [0, 0.05) is 42.7 Å². The summed E-state index contributed by atoms with van der Waals surface area (Å²) in [5, 5.41) is 48.5. The highest BCUT2D eigenvalue weighted by Crippen LogP contribution is 2.38. The number of carbonyl (C=O) groups excluding carboxylic acids is 3. The number of aryl methyl sites for hydroxylation is 6. The van der Waals surface area contributed by atoms with Crippen LogP contribution < -0.4 is 21.7 Å². The van der Waals surface area contributed by atoms with Crippen molar-refractivity contribution in [2.24, 2.45) is 0 Å². The minimum atomic E-state index is -0.877. The van der Waals surface area contributed by atoms with Gasteiger partial charge in [-0.3, -0.25) is 14.4 Å². The Morgan fingerprint density at radius 3 is 1.14 bits per heavy atom. The lowest BCUT2D eigenvalue weighted by Crippen LogP contribution is -2.15. The molecule has 3 unspecified atom stereocenters. The number of phenols is 1. The molecule has 0 aliphatic carbocycles. The number of nitrogens with two attached hydrogens (primary N) is 1. The molecule has 6 N–H and O–H groups in total. The van der Waals surface area contributed by atoms with Crippen LogP contribution in [-0.2, 0) is 0 Å². The Balaban J connectivity index is 0.000000205. The normalized spacial score (nSPS) is 11.4. The summed E-state index contributed by atoms with van der Waals surface area (Å²) in [6.45, 7) is 11.5. The highest BCUT2D eigenvalue weighted by Gasteiger charge is 2.24. The molecule has 0 bridgehead atoms. The topological polar surface area (TPSA) is 205 Å². The van der Waals surface area contributed by atoms with Gasteiger partial charge in [0.15, 0.2) is 11.6 Å². The fourth-order valence-corrected chi connectivity index (χ4v) is 10.1. The maximum Gasteiger partial charge on any atom is 0.259 e. The minimum Gasteiger partial charge on any atom is -0.504 e. The molecule has 11 nitrogen and oxygen atoms in total. The van der Waals surface area contributed by atoms with E-state index >= 15 is 0 Å². The minimum absolute atomic E-state index is 0. The van der Waals surface area contributed by atoms with Gasteiger partial charge in [-0.1, -0.05) is 180 Å². The smallest absolute Gasteiger partial charge is 0.259 e. The third kappa shape index (κ3) is 16.1. The number of nitrogen functional groups attached to an aromatic ring is 1. The molecule has 0 radical (unpaired) electrons. The number of nitrogens with zero attached hydrogens (tertiary/aromatic N) is 3. The van der Waals surface area contributed by atoms with Crippen molar-refractivity contribution in [3.8, 4) is 24.0 Å². The summed E-state index contributed by atoms with van der Waals surface area (Å²) >= 11 is 23.7. The Kier molecular flexibility index (Phi) is 22.9. The van der Waals surface area contributed by atoms with Crippen LogP contribution in [0.15, 0.2) is 181 Å². The van der Waals surface area contributed by atoms with Crippen molar-refractivity contribution >= 4 is 87.9 Å². The number of aromatic hydroxyl groups is 1. The van der Waals surface area contributed by atoms with Crippen molar-refractivity contribution in [2.45, 2.75) is 71.6 Å². The maximum absolute atomic E-state index is 13.5. The summed E-state index contributed by atoms with van der Waals surface area (Å²) in [6, 6.07) is 58.3. The van der Waals surface area contributed by atoms with Gasteiger partial charge in [-0.05, 0) is 146 Å². The third-order valence-electron chi connectivity index (χ3n) is 13.9. The molecule has 3 amide bonds. The van der Waals surface area contributed by atoms with Crippen LogP contribution >= 0.6 is 47.4 Å². The summed E-state index contributed by atoms with van der Waals surface area (Å²) in [5.74, 6) is -4.33. The lowest BCUT2D eigenvalue weighted by molar-refractivity contribution is 0.101. The molecule has 9 aromatic carbocycles. The van der Waals surface area contributed by atoms with Gasteiger partial charge in [0.25, 0.3) is 17.7 Å². The molecule has 0 spiro atoms. The largest absolute Gasteiger partial charge is 0.504 e. The first-order valence-electron chi connectivity index (χ1n) is 26.5. The standard InChI is InChI=1S/C23H18ClFN2O2.C23H20ClN3O.C23H19ClN2OS.CH4/c1-13-6-8-15(9-7-13)18(12-26)17-10-14(2)21(11-19(17)24)27-23(29)16-4-3-5-20(25)22(16)28;1-14-7-9-16(10-8-14)19(13-25)18-11-15(2)22(12-20(18)24)27-23(28)17-5-3-4-6-21(17)26;1-14-7-9-16(10-8-14)19(13-25)18-11-15(2)21(12-20(18)24)26-23(27)17-5-3-4-6-22(17)28;/h3-11,18,28H,1-2H3,(H,27,29);3-12,19H,26H2,1-2H3,(H,27,28);3-12,19,28H,1-2H3,(H,26,27);1H4. The molecule has 0 aliphatic rings. The Labute approximate surface area is 521 Å². The van der Waals surface area contributed by atoms with Crippen molar-refractivity contribution < 1.29 is 23.9 Å². The predicted octanol–water partition coefficient (Wildman–Crippen LogP) is 17.9. The van der Waals surface area contributed by atoms with Gasteiger partial charge in [-0.2, -0.15) is 15.8 Å². The molecular formula is C70H61Cl3FN7O4S. The molecule has 0 saturated heterocycles. The van der Waals surface area contributed by atoms with E-state index < -0.39 is 35.2 Å². The van der Waals surface area contributed by atoms with Gasteiger partial charge < -0.3 is 26.8 Å². The summed E-state index contributed by atoms with van der Waals surface area (Å²) in [7, 11) is 0. The first-order valence-corrected chi connectivity index (χ1v) is 28.0. The lowest BCUT2D eigenvalue weighted by Gasteiger charge is -2.16. The van der Waals surface area contributed by atoms with Gasteiger partial charge in [-0.15, -0.1) is 12.6 Å². The maximum atomic E-state index is 13.5. The fourth-order valence-electron chi connectivity index (χ4n) is 9.06. The van der Waals surface area contributed by atoms with Gasteiger partial charge in [-0.25, -0.2) is 4.39 Å². The Morgan fingerprint density at radius 2 is 0.791 bits per heavy atom. The summed E-state index contributed by atoms with van der Waals surface area (Å²) in [5.41, 5.74) is 18.9. The summed E-state index contributed by atoms with van der Waals surface area (Å²) < 4.78 is 13.5. The van der Waals surface area contributed by atoms with Crippen LogP contribution in [0.1, 0.15) is 123 Å². The molecular weight excluding hydrogens is 1160 g/mol. The molecule has 0 fully saturated rings. The molecule has 0 aromatic heterocycles. The molecule has 9 aromatic rings. The van der Waals surface area contributed by atoms with Gasteiger partial charge in [0.2, 0.25) is 0 Å². The van der Waals surface area contributed by atoms with E-state index in [2.05, 4.69) is 46.8 Å². The van der Waals surface area contributed by atoms with E-state index in [9.17, 15) is 39.7 Å². The second-order valence-electron chi connectivity index (χ2n) is 20.1. The molecule has 3 atom stereocenters. The molecule has 0 aliphatic heterocycles. The highest BCUT2D eigenvalue weighted by atomic mass is 35.5. The lowest BCUT2D eigenvalue weighted by atomic mass is 9.90. The number of para-hydroxylation sites is 2. The zero-order valence-corrected chi connectivity index (χ0v) is 50.2. The van der Waals surface area contributed by atoms with E-state index in [0.717, 1.165) is 56.1 Å². The van der Waals surface area contributed by atoms with Crippen LogP contribution in [0.3, 0.4) is 0 Å². The Morgan fingerprint density at radius 1 is 0.477 bits per heavy atom. The van der Waals surface area contributed by atoms with E-state index in [4.69, 9.17) is 40.5 Å². The number of carbonyl (C=O) groups is 3. The van der Waals surface area contributed by atoms with Gasteiger partial charge in [0.1, 0.15) is 0 Å². The second kappa shape index (κ2) is 29.9. The van der Waals surface area contributed by atoms with Crippen LogP contribution in [0.25, 0.3) is 0 Å². The monoisotopic (exact) mass is 1220 g/mol. The number of hydrogen-bond donors (Lipinski definition) is 6. The van der Waals surface area contributed by atoms with Crippen LogP contribution in [0.2, 0.25) is 15.1 Å². The fraction of sp³-hybridized carbons (Fsp3) is 0.143. The van der Waals surface area contributed by atoms with Crippen LogP contribution in [0, 0.1) is 81.4 Å². The van der Waals surface area contributed by atoms with Gasteiger partial charge in [0.05, 0.1) is 52.7 Å². The number of nitriles is 3. The molecule has 434 valence electrons. The predicted molar refractivity (Wildman–Crippen MR) is 348 cm³/mol. The van der Waals surface area contributed by atoms with E-state index in [-0.39, 0.29) is 24.8 Å². The molecule has 9 rings (SSSR count). The van der Waals surface area contributed by atoms with Crippen LogP contribution in [-0.4, -0.2) is 22.8 Å². The number of hydrogen-bond acceptors (Lipinski definition) is 9. The van der Waals surface area contributed by atoms with E-state index in [1.165, 1.54) is 12.1 Å². The Bertz CT molecular complexity index is 3930. The van der Waals surface area contributed by atoms with Crippen molar-refractivity contribution in [1.29, 1.82) is 15.8 Å². The number of thiol groups is 1. The number of rotatable bonds is 12. The first kappa shape index (κ1) is 65.8. The third-order valence-corrected chi connectivity index (χ3v) is 15.3. The zero-order chi connectivity index (χ0) is 61.6. The number of amides is 3.